The second-order valence-corrected chi connectivity index (χ2v) is 2.60. The summed E-state index contributed by atoms with van der Waals surface area (Å²) in [4.78, 5) is 0. The van der Waals surface area contributed by atoms with E-state index in [0.717, 1.165) is 6.07 Å². The lowest BCUT2D eigenvalue weighted by Gasteiger charge is -2.07. The molecular weight excluding hydrogens is 176 g/mol. The van der Waals surface area contributed by atoms with Crippen LogP contribution in [0.5, 0.6) is 5.75 Å². The van der Waals surface area contributed by atoms with E-state index in [-0.39, 0.29) is 12.3 Å². The van der Waals surface area contributed by atoms with E-state index in [2.05, 4.69) is 0 Å². The van der Waals surface area contributed by atoms with Crippen molar-refractivity contribution in [1.29, 1.82) is 0 Å². The molecule has 0 aliphatic rings. The average molecular weight is 187 g/mol. The zero-order valence-electron chi connectivity index (χ0n) is 7.26. The summed E-state index contributed by atoms with van der Waals surface area (Å²) in [6.45, 7) is -0.116. The van der Waals surface area contributed by atoms with Gasteiger partial charge in [-0.25, -0.2) is 8.78 Å². The summed E-state index contributed by atoms with van der Waals surface area (Å²) in [5, 5.41) is 0. The Balaban J connectivity index is 2.99. The topological polar surface area (TPSA) is 35.2 Å². The summed E-state index contributed by atoms with van der Waals surface area (Å²) in [5.41, 5.74) is 5.46. The van der Waals surface area contributed by atoms with Gasteiger partial charge in [-0.15, -0.1) is 0 Å². The van der Waals surface area contributed by atoms with Crippen molar-refractivity contribution in [2.75, 3.05) is 13.7 Å². The van der Waals surface area contributed by atoms with E-state index in [1.807, 2.05) is 0 Å². The van der Waals surface area contributed by atoms with Gasteiger partial charge in [0.1, 0.15) is 6.17 Å². The van der Waals surface area contributed by atoms with Crippen molar-refractivity contribution in [3.63, 3.8) is 0 Å². The second-order valence-electron chi connectivity index (χ2n) is 2.60. The maximum atomic E-state index is 13.0. The van der Waals surface area contributed by atoms with E-state index < -0.39 is 12.0 Å². The van der Waals surface area contributed by atoms with Gasteiger partial charge in [-0.05, 0) is 17.7 Å². The molecule has 0 fully saturated rings. The number of hydrogen-bond acceptors (Lipinski definition) is 2. The van der Waals surface area contributed by atoms with Gasteiger partial charge in [-0.1, -0.05) is 6.07 Å². The van der Waals surface area contributed by atoms with Crippen LogP contribution in [0.4, 0.5) is 8.78 Å². The normalized spacial score (nSPS) is 12.6. The first kappa shape index (κ1) is 9.92. The van der Waals surface area contributed by atoms with Crippen LogP contribution >= 0.6 is 0 Å². The molecule has 1 unspecified atom stereocenters. The Hall–Kier alpha value is -1.16. The van der Waals surface area contributed by atoms with E-state index in [4.69, 9.17) is 10.5 Å². The molecule has 0 amide bonds. The van der Waals surface area contributed by atoms with Crippen LogP contribution in [0.1, 0.15) is 11.7 Å². The summed E-state index contributed by atoms with van der Waals surface area (Å²) < 4.78 is 30.6. The molecule has 13 heavy (non-hydrogen) atoms. The Bertz CT molecular complexity index is 291. The lowest BCUT2D eigenvalue weighted by atomic mass is 10.1. The predicted molar refractivity (Wildman–Crippen MR) is 45.9 cm³/mol. The summed E-state index contributed by atoms with van der Waals surface area (Å²) in [5.74, 6) is -0.468. The van der Waals surface area contributed by atoms with Gasteiger partial charge in [0, 0.05) is 6.54 Å². The minimum atomic E-state index is -1.27. The fraction of sp³-hybridized carbons (Fsp3) is 0.333. The van der Waals surface area contributed by atoms with Crippen molar-refractivity contribution in [3.8, 4) is 5.75 Å². The molecule has 0 saturated carbocycles. The molecule has 72 valence electrons. The zero-order chi connectivity index (χ0) is 9.84. The van der Waals surface area contributed by atoms with Crippen molar-refractivity contribution < 1.29 is 13.5 Å². The highest BCUT2D eigenvalue weighted by atomic mass is 19.1. The van der Waals surface area contributed by atoms with Gasteiger partial charge < -0.3 is 10.5 Å². The molecule has 4 heteroatoms. The lowest BCUT2D eigenvalue weighted by molar-refractivity contribution is 0.346. The van der Waals surface area contributed by atoms with Crippen LogP contribution in [0.3, 0.4) is 0 Å². The molecule has 0 aliphatic heterocycles. The summed E-state index contributed by atoms with van der Waals surface area (Å²) in [7, 11) is 1.33. The predicted octanol–water partition coefficient (Wildman–Crippen LogP) is 1.80. The van der Waals surface area contributed by atoms with Crippen LogP contribution in [0.25, 0.3) is 0 Å². The van der Waals surface area contributed by atoms with Gasteiger partial charge in [-0.2, -0.15) is 0 Å². The Morgan fingerprint density at radius 1 is 1.54 bits per heavy atom. The minimum Gasteiger partial charge on any atom is -0.494 e. The fourth-order valence-electron chi connectivity index (χ4n) is 1.01. The van der Waals surface area contributed by atoms with Crippen LogP contribution in [0.15, 0.2) is 18.2 Å². The first-order chi connectivity index (χ1) is 6.19. The summed E-state index contributed by atoms with van der Waals surface area (Å²) >= 11 is 0. The van der Waals surface area contributed by atoms with Gasteiger partial charge in [0.15, 0.2) is 11.6 Å². The maximum Gasteiger partial charge on any atom is 0.165 e. The summed E-state index contributed by atoms with van der Waals surface area (Å²) in [6.07, 6.45) is -1.27. The van der Waals surface area contributed by atoms with Gasteiger partial charge in [-0.3, -0.25) is 0 Å². The van der Waals surface area contributed by atoms with Crippen molar-refractivity contribution in [2.45, 2.75) is 6.17 Å². The Morgan fingerprint density at radius 2 is 2.23 bits per heavy atom. The van der Waals surface area contributed by atoms with Crippen LogP contribution < -0.4 is 10.5 Å². The van der Waals surface area contributed by atoms with Crippen molar-refractivity contribution in [3.05, 3.63) is 29.6 Å². The van der Waals surface area contributed by atoms with Crippen LogP contribution in [-0.2, 0) is 0 Å². The number of nitrogens with two attached hydrogens (primary N) is 1. The average Bonchev–Trinajstić information content (AvgIpc) is 2.17. The fourth-order valence-corrected chi connectivity index (χ4v) is 1.01. The Labute approximate surface area is 75.3 Å². The first-order valence-electron chi connectivity index (χ1n) is 3.86. The molecule has 0 aliphatic carbocycles. The number of methoxy groups -OCH3 is 1. The largest absolute Gasteiger partial charge is 0.494 e. The lowest BCUT2D eigenvalue weighted by Crippen LogP contribution is -2.07. The maximum absolute atomic E-state index is 13.0. The minimum absolute atomic E-state index is 0.0357. The molecule has 1 rings (SSSR count). The number of ether oxygens (including phenoxy) is 1. The molecule has 1 aromatic rings. The molecule has 2 nitrogen and oxygen atoms in total. The van der Waals surface area contributed by atoms with Gasteiger partial charge in [0.25, 0.3) is 0 Å². The molecule has 0 saturated heterocycles. The highest BCUT2D eigenvalue weighted by Crippen LogP contribution is 2.23. The van der Waals surface area contributed by atoms with E-state index in [1.165, 1.54) is 19.2 Å². The van der Waals surface area contributed by atoms with Crippen molar-refractivity contribution in [1.82, 2.24) is 0 Å². The zero-order valence-corrected chi connectivity index (χ0v) is 7.26. The van der Waals surface area contributed by atoms with Crippen LogP contribution in [0.2, 0.25) is 0 Å². The standard InChI is InChI=1S/C9H11F2NO/c1-13-9-4-6(8(11)5-12)2-3-7(9)10/h2-4,8H,5,12H2,1H3. The molecule has 1 atom stereocenters. The number of halogens is 2. The third-order valence-electron chi connectivity index (χ3n) is 1.74. The van der Waals surface area contributed by atoms with Crippen LogP contribution in [0, 0.1) is 5.82 Å². The molecular formula is C9H11F2NO. The van der Waals surface area contributed by atoms with E-state index >= 15 is 0 Å². The van der Waals surface area contributed by atoms with E-state index in [9.17, 15) is 8.78 Å². The van der Waals surface area contributed by atoms with Crippen molar-refractivity contribution >= 4 is 0 Å². The molecule has 0 heterocycles. The molecule has 0 spiro atoms. The number of rotatable bonds is 3. The molecule has 1 aromatic carbocycles. The van der Waals surface area contributed by atoms with Gasteiger partial charge in [0.2, 0.25) is 0 Å². The van der Waals surface area contributed by atoms with E-state index in [0.29, 0.717) is 5.56 Å². The third kappa shape index (κ3) is 2.15. The first-order valence-corrected chi connectivity index (χ1v) is 3.86. The number of hydrogen-bond donors (Lipinski definition) is 1. The van der Waals surface area contributed by atoms with Gasteiger partial charge in [0.05, 0.1) is 7.11 Å². The highest BCUT2D eigenvalue weighted by Gasteiger charge is 2.10. The molecule has 0 bridgehead atoms. The molecule has 2 N–H and O–H groups in total. The number of alkyl halides is 1. The third-order valence-corrected chi connectivity index (χ3v) is 1.74. The number of benzene rings is 1. The quantitative estimate of drug-likeness (QED) is 0.783. The highest BCUT2D eigenvalue weighted by molar-refractivity contribution is 5.31. The second kappa shape index (κ2) is 4.18. The SMILES string of the molecule is COc1cc(C(F)CN)ccc1F. The molecule has 0 aromatic heterocycles. The van der Waals surface area contributed by atoms with Gasteiger partial charge >= 0.3 is 0 Å². The Kier molecular flexibility index (Phi) is 3.19. The smallest absolute Gasteiger partial charge is 0.165 e. The monoisotopic (exact) mass is 187 g/mol. The van der Waals surface area contributed by atoms with Crippen molar-refractivity contribution in [2.24, 2.45) is 5.73 Å². The van der Waals surface area contributed by atoms with E-state index in [1.54, 1.807) is 0 Å². The molecule has 0 radical (unpaired) electrons. The van der Waals surface area contributed by atoms with Crippen LogP contribution in [-0.4, -0.2) is 13.7 Å². The summed E-state index contributed by atoms with van der Waals surface area (Å²) in [6, 6.07) is 3.83. The Morgan fingerprint density at radius 3 is 2.77 bits per heavy atom.